The summed E-state index contributed by atoms with van der Waals surface area (Å²) in [4.78, 5) is 27.5. The maximum atomic E-state index is 13.3. The van der Waals surface area contributed by atoms with Crippen LogP contribution in [-0.4, -0.2) is 46.7 Å². The number of aliphatic carboxylic acids is 1. The highest BCUT2D eigenvalue weighted by Gasteiger charge is 2.55. The van der Waals surface area contributed by atoms with Gasteiger partial charge in [-0.3, -0.25) is 9.59 Å². The first-order chi connectivity index (χ1) is 12.1. The molecule has 2 aliphatic heterocycles. The summed E-state index contributed by atoms with van der Waals surface area (Å²) >= 11 is 0. The molecule has 1 aromatic rings. The quantitative estimate of drug-likeness (QED) is 0.915. The number of rotatable bonds is 3. The van der Waals surface area contributed by atoms with Crippen LogP contribution in [0.1, 0.15) is 66.8 Å². The molecule has 0 aromatic heterocycles. The number of nitrogens with zero attached hydrogens (tertiary/aromatic N) is 1. The van der Waals surface area contributed by atoms with Gasteiger partial charge in [-0.2, -0.15) is 0 Å². The van der Waals surface area contributed by atoms with Gasteiger partial charge < -0.3 is 14.7 Å². The lowest BCUT2D eigenvalue weighted by molar-refractivity contribution is -0.144. The number of fused-ring (bicyclic) bond motifs is 1. The Morgan fingerprint density at radius 2 is 1.96 bits per heavy atom. The van der Waals surface area contributed by atoms with Gasteiger partial charge in [0.2, 0.25) is 0 Å². The number of carboxylic acid groups (broad SMARTS) is 1. The van der Waals surface area contributed by atoms with Crippen molar-refractivity contribution in [2.24, 2.45) is 0 Å². The summed E-state index contributed by atoms with van der Waals surface area (Å²) in [5.41, 5.74) is 0.621. The van der Waals surface area contributed by atoms with Gasteiger partial charge in [0.1, 0.15) is 5.92 Å². The summed E-state index contributed by atoms with van der Waals surface area (Å²) in [5, 5.41) is 10.1. The van der Waals surface area contributed by atoms with Gasteiger partial charge in [0, 0.05) is 18.7 Å². The Bertz CT molecular complexity index is 674. The van der Waals surface area contributed by atoms with Crippen molar-refractivity contribution < 1.29 is 19.4 Å². The van der Waals surface area contributed by atoms with Crippen LogP contribution < -0.4 is 0 Å². The third kappa shape index (κ3) is 2.65. The Morgan fingerprint density at radius 3 is 2.64 bits per heavy atom. The van der Waals surface area contributed by atoms with Crippen LogP contribution in [0, 0.1) is 0 Å². The Balaban J connectivity index is 1.82. The number of amides is 1. The lowest BCUT2D eigenvalue weighted by Crippen LogP contribution is -2.62. The zero-order valence-electron chi connectivity index (χ0n) is 14.4. The maximum absolute atomic E-state index is 13.3. The van der Waals surface area contributed by atoms with Gasteiger partial charge in [-0.25, -0.2) is 0 Å². The van der Waals surface area contributed by atoms with Gasteiger partial charge in [0.25, 0.3) is 5.91 Å². The number of hydrogen-bond acceptors (Lipinski definition) is 3. The Labute approximate surface area is 148 Å². The van der Waals surface area contributed by atoms with E-state index in [4.69, 9.17) is 4.74 Å². The van der Waals surface area contributed by atoms with E-state index in [1.807, 2.05) is 23.1 Å². The van der Waals surface area contributed by atoms with Crippen molar-refractivity contribution in [2.45, 2.75) is 62.5 Å². The zero-order valence-corrected chi connectivity index (χ0v) is 14.4. The van der Waals surface area contributed by atoms with Gasteiger partial charge in [0.15, 0.2) is 0 Å². The molecule has 5 heteroatoms. The molecule has 1 aliphatic carbocycles. The molecular weight excluding hydrogens is 318 g/mol. The number of hydrogen-bond donors (Lipinski definition) is 1. The third-order valence-corrected chi connectivity index (χ3v) is 6.20. The maximum Gasteiger partial charge on any atom is 0.313 e. The number of benzene rings is 1. The molecule has 5 nitrogen and oxygen atoms in total. The van der Waals surface area contributed by atoms with E-state index in [1.54, 1.807) is 6.07 Å². The second-order valence-corrected chi connectivity index (χ2v) is 7.57. The van der Waals surface area contributed by atoms with Crippen molar-refractivity contribution in [1.82, 2.24) is 4.90 Å². The van der Waals surface area contributed by atoms with E-state index < -0.39 is 17.4 Å². The Morgan fingerprint density at radius 1 is 1.20 bits per heavy atom. The largest absolute Gasteiger partial charge is 0.481 e. The van der Waals surface area contributed by atoms with Crippen molar-refractivity contribution in [3.63, 3.8) is 0 Å². The standard InChI is InChI=1S/C20H25NO4/c22-18-16-9-3-2-8-15(16)17(19(23)24)20(10-4-1-5-11-20)21(18)13-14-7-6-12-25-14/h2-3,8-9,14,17H,1,4-7,10-13H2,(H,23,24)/t14-,17-/m0/s1. The summed E-state index contributed by atoms with van der Waals surface area (Å²) in [6, 6.07) is 7.25. The number of carboxylic acids is 1. The Hall–Kier alpha value is -1.88. The molecule has 2 fully saturated rings. The lowest BCUT2D eigenvalue weighted by Gasteiger charge is -2.53. The summed E-state index contributed by atoms with van der Waals surface area (Å²) in [6.07, 6.45) is 6.56. The van der Waals surface area contributed by atoms with Crippen LogP contribution in [0.2, 0.25) is 0 Å². The van der Waals surface area contributed by atoms with Gasteiger partial charge in [-0.1, -0.05) is 37.5 Å². The van der Waals surface area contributed by atoms with E-state index in [-0.39, 0.29) is 12.0 Å². The van der Waals surface area contributed by atoms with E-state index in [0.717, 1.165) is 51.6 Å². The molecule has 1 saturated heterocycles. The van der Waals surface area contributed by atoms with E-state index >= 15 is 0 Å². The van der Waals surface area contributed by atoms with Crippen LogP contribution in [0.4, 0.5) is 0 Å². The van der Waals surface area contributed by atoms with Crippen molar-refractivity contribution in [3.05, 3.63) is 35.4 Å². The van der Waals surface area contributed by atoms with E-state index in [9.17, 15) is 14.7 Å². The fourth-order valence-electron chi connectivity index (χ4n) is 5.08. The minimum Gasteiger partial charge on any atom is -0.481 e. The smallest absolute Gasteiger partial charge is 0.313 e. The number of carbonyl (C=O) groups is 2. The topological polar surface area (TPSA) is 66.8 Å². The zero-order chi connectivity index (χ0) is 17.4. The minimum absolute atomic E-state index is 0.0227. The molecular formula is C20H25NO4. The van der Waals surface area contributed by atoms with Crippen LogP contribution in [0.25, 0.3) is 0 Å². The first-order valence-electron chi connectivity index (χ1n) is 9.39. The number of ether oxygens (including phenoxy) is 1. The fraction of sp³-hybridized carbons (Fsp3) is 0.600. The third-order valence-electron chi connectivity index (χ3n) is 6.20. The predicted octanol–water partition coefficient (Wildman–Crippen LogP) is 3.19. The van der Waals surface area contributed by atoms with Crippen LogP contribution in [-0.2, 0) is 9.53 Å². The van der Waals surface area contributed by atoms with E-state index in [2.05, 4.69) is 0 Å². The molecule has 2 heterocycles. The lowest BCUT2D eigenvalue weighted by atomic mass is 9.65. The average molecular weight is 343 g/mol. The summed E-state index contributed by atoms with van der Waals surface area (Å²) in [5.74, 6) is -1.49. The molecule has 1 N–H and O–H groups in total. The Kier molecular flexibility index (Phi) is 4.28. The van der Waals surface area contributed by atoms with Crippen molar-refractivity contribution in [3.8, 4) is 0 Å². The van der Waals surface area contributed by atoms with Crippen LogP contribution >= 0.6 is 0 Å². The van der Waals surface area contributed by atoms with Crippen molar-refractivity contribution in [2.75, 3.05) is 13.2 Å². The fourth-order valence-corrected chi connectivity index (χ4v) is 5.08. The van der Waals surface area contributed by atoms with Crippen molar-refractivity contribution in [1.29, 1.82) is 0 Å². The predicted molar refractivity (Wildman–Crippen MR) is 92.6 cm³/mol. The first kappa shape index (κ1) is 16.6. The van der Waals surface area contributed by atoms with Crippen LogP contribution in [0.5, 0.6) is 0 Å². The molecule has 134 valence electrons. The molecule has 0 unspecified atom stereocenters. The second kappa shape index (κ2) is 6.45. The molecule has 0 bridgehead atoms. The van der Waals surface area contributed by atoms with Crippen LogP contribution in [0.3, 0.4) is 0 Å². The van der Waals surface area contributed by atoms with E-state index in [1.165, 1.54) is 0 Å². The van der Waals surface area contributed by atoms with E-state index in [0.29, 0.717) is 17.7 Å². The molecule has 1 amide bonds. The summed E-state index contributed by atoms with van der Waals surface area (Å²) in [7, 11) is 0. The highest BCUT2D eigenvalue weighted by molar-refractivity contribution is 6.01. The molecule has 1 aromatic carbocycles. The first-order valence-corrected chi connectivity index (χ1v) is 9.39. The molecule has 25 heavy (non-hydrogen) atoms. The molecule has 4 rings (SSSR count). The van der Waals surface area contributed by atoms with Gasteiger partial charge in [-0.15, -0.1) is 0 Å². The second-order valence-electron chi connectivity index (χ2n) is 7.57. The normalized spacial score (nSPS) is 28.2. The highest BCUT2D eigenvalue weighted by Crippen LogP contribution is 2.49. The monoisotopic (exact) mass is 343 g/mol. The summed E-state index contributed by atoms with van der Waals surface area (Å²) < 4.78 is 5.78. The van der Waals surface area contributed by atoms with Gasteiger partial charge >= 0.3 is 5.97 Å². The van der Waals surface area contributed by atoms with Crippen molar-refractivity contribution >= 4 is 11.9 Å². The molecule has 1 spiro atoms. The van der Waals surface area contributed by atoms with Gasteiger partial charge in [0.05, 0.1) is 11.6 Å². The molecule has 2 atom stereocenters. The highest BCUT2D eigenvalue weighted by atomic mass is 16.5. The summed E-state index contributed by atoms with van der Waals surface area (Å²) in [6.45, 7) is 1.25. The number of carbonyl (C=O) groups excluding carboxylic acids is 1. The average Bonchev–Trinajstić information content (AvgIpc) is 3.13. The molecule has 0 radical (unpaired) electrons. The minimum atomic E-state index is -0.820. The van der Waals surface area contributed by atoms with Gasteiger partial charge in [-0.05, 0) is 37.3 Å². The molecule has 3 aliphatic rings. The molecule has 1 saturated carbocycles. The SMILES string of the molecule is O=C(O)[C@@H]1c2ccccc2C(=O)N(C[C@@H]2CCCO2)C12CCCCC2. The van der Waals surface area contributed by atoms with Crippen LogP contribution in [0.15, 0.2) is 24.3 Å².